The van der Waals surface area contributed by atoms with Crippen LogP contribution in [0.1, 0.15) is 41.8 Å². The summed E-state index contributed by atoms with van der Waals surface area (Å²) in [5, 5.41) is 1.93. The Morgan fingerprint density at radius 1 is 1.07 bits per heavy atom. The van der Waals surface area contributed by atoms with Crippen LogP contribution in [0, 0.1) is 11.8 Å². The Labute approximate surface area is 164 Å². The van der Waals surface area contributed by atoms with Crippen LogP contribution in [0.5, 0.6) is 0 Å². The third-order valence-electron chi connectivity index (χ3n) is 6.09. The van der Waals surface area contributed by atoms with Crippen molar-refractivity contribution in [2.24, 2.45) is 11.8 Å². The van der Waals surface area contributed by atoms with Crippen LogP contribution in [0.15, 0.2) is 17.5 Å². The Morgan fingerprint density at radius 3 is 2.48 bits per heavy atom. The minimum absolute atomic E-state index is 0.115. The van der Waals surface area contributed by atoms with Crippen molar-refractivity contribution >= 4 is 29.1 Å². The first kappa shape index (κ1) is 18.5. The zero-order valence-corrected chi connectivity index (χ0v) is 16.5. The number of hydrogen-bond donors (Lipinski definition) is 0. The van der Waals surface area contributed by atoms with Crippen LogP contribution >= 0.6 is 11.3 Å². The van der Waals surface area contributed by atoms with Crippen molar-refractivity contribution in [1.82, 2.24) is 14.7 Å². The molecule has 0 saturated carbocycles. The lowest BCUT2D eigenvalue weighted by Crippen LogP contribution is -2.42. The SMILES string of the molecule is O=C1CC(C(=O)N2CCCC2)CN1CC1CCN(C(=O)c2cccs2)CC1. The lowest BCUT2D eigenvalue weighted by atomic mass is 9.96. The standard InChI is InChI=1S/C20H27N3O3S/c24-18-12-16(19(25)21-7-1-2-8-21)14-23(18)13-15-5-9-22(10-6-15)20(26)17-4-3-11-27-17/h3-4,11,15-16H,1-2,5-10,12-14H2. The number of amides is 3. The van der Waals surface area contributed by atoms with E-state index in [0.29, 0.717) is 18.9 Å². The molecule has 1 aromatic rings. The third kappa shape index (κ3) is 4.03. The highest BCUT2D eigenvalue weighted by Gasteiger charge is 2.38. The highest BCUT2D eigenvalue weighted by molar-refractivity contribution is 7.12. The van der Waals surface area contributed by atoms with Gasteiger partial charge in [0.1, 0.15) is 0 Å². The van der Waals surface area contributed by atoms with Gasteiger partial charge in [0, 0.05) is 45.7 Å². The van der Waals surface area contributed by atoms with Gasteiger partial charge in [0.05, 0.1) is 10.8 Å². The Morgan fingerprint density at radius 2 is 1.81 bits per heavy atom. The van der Waals surface area contributed by atoms with Crippen LogP contribution in [0.25, 0.3) is 0 Å². The average molecular weight is 390 g/mol. The first-order valence-electron chi connectivity index (χ1n) is 10.0. The van der Waals surface area contributed by atoms with Crippen LogP contribution < -0.4 is 0 Å². The fourth-order valence-corrected chi connectivity index (χ4v) is 5.19. The average Bonchev–Trinajstić information content (AvgIpc) is 3.44. The molecule has 3 fully saturated rings. The van der Waals surface area contributed by atoms with Crippen molar-refractivity contribution in [3.63, 3.8) is 0 Å². The summed E-state index contributed by atoms with van der Waals surface area (Å²) in [5.74, 6) is 0.666. The van der Waals surface area contributed by atoms with E-state index in [1.54, 1.807) is 0 Å². The molecule has 146 valence electrons. The van der Waals surface area contributed by atoms with E-state index in [1.165, 1.54) is 11.3 Å². The van der Waals surface area contributed by atoms with Gasteiger partial charge in [-0.15, -0.1) is 11.3 Å². The molecule has 3 amide bonds. The molecule has 1 unspecified atom stereocenters. The van der Waals surface area contributed by atoms with Crippen molar-refractivity contribution in [3.05, 3.63) is 22.4 Å². The van der Waals surface area contributed by atoms with Gasteiger partial charge in [-0.2, -0.15) is 0 Å². The molecule has 0 aromatic carbocycles. The van der Waals surface area contributed by atoms with Crippen molar-refractivity contribution in [2.75, 3.05) is 39.3 Å². The molecule has 4 heterocycles. The van der Waals surface area contributed by atoms with E-state index in [9.17, 15) is 14.4 Å². The maximum atomic E-state index is 12.6. The number of nitrogens with zero attached hydrogens (tertiary/aromatic N) is 3. The quantitative estimate of drug-likeness (QED) is 0.792. The monoisotopic (exact) mass is 389 g/mol. The second-order valence-corrected chi connectivity index (χ2v) is 8.89. The topological polar surface area (TPSA) is 60.9 Å². The minimum Gasteiger partial charge on any atom is -0.342 e. The molecule has 4 rings (SSSR count). The van der Waals surface area contributed by atoms with E-state index in [2.05, 4.69) is 0 Å². The molecular weight excluding hydrogens is 362 g/mol. The van der Waals surface area contributed by atoms with E-state index < -0.39 is 0 Å². The van der Waals surface area contributed by atoms with Crippen LogP contribution in [0.2, 0.25) is 0 Å². The normalized spacial score (nSPS) is 24.1. The molecule has 0 spiro atoms. The number of rotatable bonds is 4. The molecule has 0 bridgehead atoms. The second kappa shape index (κ2) is 8.00. The largest absolute Gasteiger partial charge is 0.342 e. The number of piperidine rings is 1. The Balaban J connectivity index is 1.26. The summed E-state index contributed by atoms with van der Waals surface area (Å²) in [5.41, 5.74) is 0. The number of likely N-dealkylation sites (tertiary alicyclic amines) is 3. The molecule has 27 heavy (non-hydrogen) atoms. The van der Waals surface area contributed by atoms with Crippen molar-refractivity contribution < 1.29 is 14.4 Å². The van der Waals surface area contributed by atoms with Crippen molar-refractivity contribution in [1.29, 1.82) is 0 Å². The zero-order chi connectivity index (χ0) is 18.8. The molecule has 3 aliphatic heterocycles. The van der Waals surface area contributed by atoms with Crippen molar-refractivity contribution in [3.8, 4) is 0 Å². The fraction of sp³-hybridized carbons (Fsp3) is 0.650. The predicted octanol–water partition coefficient (Wildman–Crippen LogP) is 2.07. The van der Waals surface area contributed by atoms with Crippen LogP contribution in [-0.4, -0.2) is 71.7 Å². The van der Waals surface area contributed by atoms with Gasteiger partial charge in [-0.05, 0) is 43.0 Å². The van der Waals surface area contributed by atoms with Crippen LogP contribution in [0.3, 0.4) is 0 Å². The predicted molar refractivity (Wildman–Crippen MR) is 103 cm³/mol. The molecule has 3 aliphatic rings. The smallest absolute Gasteiger partial charge is 0.263 e. The second-order valence-electron chi connectivity index (χ2n) is 7.95. The maximum absolute atomic E-state index is 12.6. The van der Waals surface area contributed by atoms with E-state index in [0.717, 1.165) is 63.3 Å². The van der Waals surface area contributed by atoms with Crippen molar-refractivity contribution in [2.45, 2.75) is 32.1 Å². The fourth-order valence-electron chi connectivity index (χ4n) is 4.50. The van der Waals surface area contributed by atoms with Gasteiger partial charge < -0.3 is 14.7 Å². The number of carbonyl (C=O) groups is 3. The summed E-state index contributed by atoms with van der Waals surface area (Å²) in [7, 11) is 0. The van der Waals surface area contributed by atoms with Gasteiger partial charge in [0.15, 0.2) is 0 Å². The number of hydrogen-bond acceptors (Lipinski definition) is 4. The summed E-state index contributed by atoms with van der Waals surface area (Å²) in [6.07, 6.45) is 4.38. The summed E-state index contributed by atoms with van der Waals surface area (Å²) < 4.78 is 0. The van der Waals surface area contributed by atoms with Gasteiger partial charge in [-0.25, -0.2) is 0 Å². The van der Waals surface area contributed by atoms with E-state index in [-0.39, 0.29) is 23.6 Å². The minimum atomic E-state index is -0.156. The van der Waals surface area contributed by atoms with E-state index >= 15 is 0 Å². The van der Waals surface area contributed by atoms with E-state index in [4.69, 9.17) is 0 Å². The molecule has 1 aromatic heterocycles. The third-order valence-corrected chi connectivity index (χ3v) is 6.95. The highest BCUT2D eigenvalue weighted by Crippen LogP contribution is 2.26. The highest BCUT2D eigenvalue weighted by atomic mass is 32.1. The Bertz CT molecular complexity index is 691. The Hall–Kier alpha value is -1.89. The summed E-state index contributed by atoms with van der Waals surface area (Å²) in [4.78, 5) is 43.9. The molecule has 0 radical (unpaired) electrons. The van der Waals surface area contributed by atoms with Gasteiger partial charge in [-0.1, -0.05) is 6.07 Å². The first-order chi connectivity index (χ1) is 13.1. The molecule has 6 nitrogen and oxygen atoms in total. The van der Waals surface area contributed by atoms with Crippen LogP contribution in [-0.2, 0) is 9.59 Å². The van der Waals surface area contributed by atoms with Gasteiger partial charge in [-0.3, -0.25) is 14.4 Å². The molecular formula is C20H27N3O3S. The molecule has 0 N–H and O–H groups in total. The number of carbonyl (C=O) groups excluding carboxylic acids is 3. The summed E-state index contributed by atoms with van der Waals surface area (Å²) in [6, 6.07) is 3.78. The van der Waals surface area contributed by atoms with Gasteiger partial charge in [0.2, 0.25) is 11.8 Å². The van der Waals surface area contributed by atoms with Gasteiger partial charge >= 0.3 is 0 Å². The van der Waals surface area contributed by atoms with Gasteiger partial charge in [0.25, 0.3) is 5.91 Å². The molecule has 0 aliphatic carbocycles. The zero-order valence-electron chi connectivity index (χ0n) is 15.6. The maximum Gasteiger partial charge on any atom is 0.263 e. The Kier molecular flexibility index (Phi) is 5.48. The first-order valence-corrected chi connectivity index (χ1v) is 10.9. The lowest BCUT2D eigenvalue weighted by Gasteiger charge is -2.33. The molecule has 1 atom stereocenters. The lowest BCUT2D eigenvalue weighted by molar-refractivity contribution is -0.134. The van der Waals surface area contributed by atoms with Crippen LogP contribution in [0.4, 0.5) is 0 Å². The summed E-state index contributed by atoms with van der Waals surface area (Å²) >= 11 is 1.49. The summed E-state index contributed by atoms with van der Waals surface area (Å²) in [6.45, 7) is 4.49. The van der Waals surface area contributed by atoms with E-state index in [1.807, 2.05) is 32.2 Å². The molecule has 7 heteroatoms. The number of thiophene rings is 1. The molecule has 3 saturated heterocycles.